The van der Waals surface area contributed by atoms with Crippen LogP contribution in [0.5, 0.6) is 0 Å². The molecule has 0 aliphatic heterocycles. The molecule has 0 heterocycles. The number of aliphatic hydroxyl groups is 3. The Bertz CT molecular complexity index is 218. The standard InChI is InChI=1S/C6H15NO3.C2H6O2S2/c8-4-1-7(2-5-9)3-6-10;1-2-6(3,4)5/h8-10H,1-6H2;2H2,1H3,(H,3,4,5). The van der Waals surface area contributed by atoms with Gasteiger partial charge in [-0.15, -0.1) is 0 Å². The van der Waals surface area contributed by atoms with E-state index in [9.17, 15) is 8.42 Å². The molecule has 0 spiro atoms. The summed E-state index contributed by atoms with van der Waals surface area (Å²) in [6.45, 7) is 3.30. The molecule has 6 nitrogen and oxygen atoms in total. The van der Waals surface area contributed by atoms with Crippen LogP contribution in [-0.4, -0.2) is 73.8 Å². The lowest BCUT2D eigenvalue weighted by Crippen LogP contribution is -2.32. The fraction of sp³-hybridized carbons (Fsp3) is 1.00. The van der Waals surface area contributed by atoms with Crippen LogP contribution in [0.15, 0.2) is 0 Å². The Hall–Kier alpha value is 0.140. The Kier molecular flexibility index (Phi) is 13.4. The number of rotatable bonds is 7. The molecule has 3 N–H and O–H groups in total. The van der Waals surface area contributed by atoms with Crippen molar-refractivity contribution in [3.05, 3.63) is 0 Å². The molecule has 0 amide bonds. The zero-order valence-corrected chi connectivity index (χ0v) is 11.1. The van der Waals surface area contributed by atoms with Crippen LogP contribution in [0, 0.1) is 0 Å². The highest BCUT2D eigenvalue weighted by molar-refractivity contribution is 8.63. The first-order chi connectivity index (χ1) is 7.41. The van der Waals surface area contributed by atoms with Crippen molar-refractivity contribution >= 4 is 20.5 Å². The molecule has 0 saturated carbocycles. The molecule has 0 aromatic rings. The van der Waals surface area contributed by atoms with Gasteiger partial charge in [0.1, 0.15) is 0 Å². The van der Waals surface area contributed by atoms with Crippen molar-refractivity contribution in [3.63, 3.8) is 0 Å². The van der Waals surface area contributed by atoms with Crippen molar-refractivity contribution in [2.24, 2.45) is 0 Å². The van der Waals surface area contributed by atoms with Gasteiger partial charge in [-0.05, 0) is 11.7 Å². The van der Waals surface area contributed by atoms with E-state index in [4.69, 9.17) is 15.3 Å². The number of hydrogen-bond donors (Lipinski definition) is 4. The summed E-state index contributed by atoms with van der Waals surface area (Å²) in [5.74, 6) is 0.107. The third-order valence-corrected chi connectivity index (χ3v) is 3.12. The van der Waals surface area contributed by atoms with Gasteiger partial charge in [0.15, 0.2) is 8.87 Å². The number of thiol groups is 1. The highest BCUT2D eigenvalue weighted by Crippen LogP contribution is 1.90. The molecule has 0 bridgehead atoms. The summed E-state index contributed by atoms with van der Waals surface area (Å²) >= 11 is 3.23. The Morgan fingerprint density at radius 3 is 1.38 bits per heavy atom. The minimum Gasteiger partial charge on any atom is -0.395 e. The molecule has 0 fully saturated rings. The normalized spacial score (nSPS) is 11.1. The second-order valence-electron chi connectivity index (χ2n) is 2.88. The molecule has 100 valence electrons. The molecule has 0 aromatic carbocycles. The molecular weight excluding hydrogens is 254 g/mol. The van der Waals surface area contributed by atoms with Crippen LogP contribution in [0.3, 0.4) is 0 Å². The predicted octanol–water partition coefficient (Wildman–Crippen LogP) is -1.47. The monoisotopic (exact) mass is 275 g/mol. The quantitative estimate of drug-likeness (QED) is 0.334. The van der Waals surface area contributed by atoms with Gasteiger partial charge in [-0.2, -0.15) is 0 Å². The van der Waals surface area contributed by atoms with Crippen molar-refractivity contribution in [2.75, 3.05) is 45.2 Å². The molecule has 0 unspecified atom stereocenters. The molecule has 0 aromatic heterocycles. The molecule has 16 heavy (non-hydrogen) atoms. The zero-order valence-electron chi connectivity index (χ0n) is 9.41. The van der Waals surface area contributed by atoms with Gasteiger partial charge in [0.25, 0.3) is 0 Å². The van der Waals surface area contributed by atoms with Crippen LogP contribution >= 0.6 is 11.7 Å². The number of hydrogen-bond acceptors (Lipinski definition) is 6. The summed E-state index contributed by atoms with van der Waals surface area (Å²) in [7, 11) is -2.97. The number of nitrogens with zero attached hydrogens (tertiary/aromatic N) is 1. The van der Waals surface area contributed by atoms with Crippen LogP contribution in [0.25, 0.3) is 0 Å². The van der Waals surface area contributed by atoms with E-state index in [1.807, 2.05) is 0 Å². The second kappa shape index (κ2) is 11.6. The van der Waals surface area contributed by atoms with Crippen molar-refractivity contribution in [1.82, 2.24) is 4.90 Å². The van der Waals surface area contributed by atoms with Gasteiger partial charge in [-0.1, -0.05) is 6.92 Å². The van der Waals surface area contributed by atoms with Gasteiger partial charge < -0.3 is 15.3 Å². The zero-order chi connectivity index (χ0) is 13.0. The summed E-state index contributed by atoms with van der Waals surface area (Å²) in [4.78, 5) is 1.79. The summed E-state index contributed by atoms with van der Waals surface area (Å²) in [5, 5.41) is 25.5. The first-order valence-corrected chi connectivity index (χ1v) is 7.61. The highest BCUT2D eigenvalue weighted by Gasteiger charge is 2.00. The molecule has 0 saturated heterocycles. The summed E-state index contributed by atoms with van der Waals surface area (Å²) < 4.78 is 19.7. The first-order valence-electron chi connectivity index (χ1n) is 4.91. The third-order valence-electron chi connectivity index (χ3n) is 1.61. The average molecular weight is 275 g/mol. The molecule has 0 radical (unpaired) electrons. The van der Waals surface area contributed by atoms with Crippen molar-refractivity contribution in [3.8, 4) is 0 Å². The molecule has 0 aliphatic carbocycles. The maximum Gasteiger partial charge on any atom is 0.198 e. The van der Waals surface area contributed by atoms with Crippen LogP contribution < -0.4 is 0 Å². The van der Waals surface area contributed by atoms with Crippen LogP contribution in [0.1, 0.15) is 6.92 Å². The van der Waals surface area contributed by atoms with Crippen molar-refractivity contribution in [1.29, 1.82) is 0 Å². The van der Waals surface area contributed by atoms with Gasteiger partial charge in [-0.3, -0.25) is 4.90 Å². The average Bonchev–Trinajstić information content (AvgIpc) is 2.19. The second-order valence-corrected chi connectivity index (χ2v) is 6.29. The van der Waals surface area contributed by atoms with Gasteiger partial charge in [-0.25, -0.2) is 8.42 Å². The molecule has 0 atom stereocenters. The summed E-state index contributed by atoms with van der Waals surface area (Å²) in [6, 6.07) is 0. The fourth-order valence-corrected chi connectivity index (χ4v) is 0.760. The Morgan fingerprint density at radius 2 is 1.25 bits per heavy atom. The Morgan fingerprint density at radius 1 is 1.00 bits per heavy atom. The third kappa shape index (κ3) is 16.6. The minimum atomic E-state index is -2.97. The van der Waals surface area contributed by atoms with Crippen LogP contribution in [0.4, 0.5) is 0 Å². The van der Waals surface area contributed by atoms with Gasteiger partial charge in [0.2, 0.25) is 0 Å². The Balaban J connectivity index is 0. The van der Waals surface area contributed by atoms with Crippen LogP contribution in [-0.2, 0) is 8.87 Å². The van der Waals surface area contributed by atoms with E-state index in [-0.39, 0.29) is 25.6 Å². The lowest BCUT2D eigenvalue weighted by atomic mass is 10.4. The largest absolute Gasteiger partial charge is 0.395 e. The van der Waals surface area contributed by atoms with E-state index in [1.165, 1.54) is 0 Å². The highest BCUT2D eigenvalue weighted by atomic mass is 33.1. The maximum atomic E-state index is 9.86. The van der Waals surface area contributed by atoms with Gasteiger partial charge in [0.05, 0.1) is 25.6 Å². The van der Waals surface area contributed by atoms with Crippen LogP contribution in [0.2, 0.25) is 0 Å². The molecule has 0 rings (SSSR count). The predicted molar refractivity (Wildman–Crippen MR) is 66.1 cm³/mol. The van der Waals surface area contributed by atoms with E-state index >= 15 is 0 Å². The van der Waals surface area contributed by atoms with E-state index in [0.29, 0.717) is 19.6 Å². The van der Waals surface area contributed by atoms with Crippen molar-refractivity contribution < 1.29 is 23.7 Å². The lowest BCUT2D eigenvalue weighted by molar-refractivity contribution is 0.136. The molecule has 0 aliphatic rings. The van der Waals surface area contributed by atoms with E-state index in [0.717, 1.165) is 0 Å². The maximum absolute atomic E-state index is 9.86. The van der Waals surface area contributed by atoms with Crippen molar-refractivity contribution in [2.45, 2.75) is 6.92 Å². The summed E-state index contributed by atoms with van der Waals surface area (Å²) in [6.07, 6.45) is 0. The lowest BCUT2D eigenvalue weighted by Gasteiger charge is -2.17. The Labute approximate surface area is 102 Å². The first kappa shape index (κ1) is 18.5. The molecular formula is C8H21NO5S2. The van der Waals surface area contributed by atoms with E-state index in [2.05, 4.69) is 11.7 Å². The van der Waals surface area contributed by atoms with Gasteiger partial charge in [0, 0.05) is 19.6 Å². The van der Waals surface area contributed by atoms with E-state index in [1.54, 1.807) is 11.8 Å². The topological polar surface area (TPSA) is 98.1 Å². The SMILES string of the molecule is CCS(=O)(=O)S.OCCN(CCO)CCO. The fourth-order valence-electron chi connectivity index (χ4n) is 0.760. The van der Waals surface area contributed by atoms with Gasteiger partial charge >= 0.3 is 0 Å². The smallest absolute Gasteiger partial charge is 0.198 e. The number of aliphatic hydroxyl groups excluding tert-OH is 3. The minimum absolute atomic E-state index is 0.0694. The molecule has 8 heteroatoms. The summed E-state index contributed by atoms with van der Waals surface area (Å²) in [5.41, 5.74) is 0. The van der Waals surface area contributed by atoms with E-state index < -0.39 is 8.87 Å².